The monoisotopic (exact) mass is 412 g/mol. The molecule has 28 heavy (non-hydrogen) atoms. The molecule has 0 bridgehead atoms. The minimum atomic E-state index is -1.01. The fraction of sp³-hybridized carbons (Fsp3) is 0.136. The van der Waals surface area contributed by atoms with Gasteiger partial charge in [-0.2, -0.15) is 0 Å². The maximum absolute atomic E-state index is 12.7. The molecule has 0 aromatic heterocycles. The normalized spacial score (nSPS) is 14.3. The van der Waals surface area contributed by atoms with Crippen LogP contribution in [-0.2, 0) is 10.3 Å². The highest BCUT2D eigenvalue weighted by Crippen LogP contribution is 2.47. The van der Waals surface area contributed by atoms with E-state index in [9.17, 15) is 4.79 Å². The lowest BCUT2D eigenvalue weighted by Gasteiger charge is -2.30. The molecular weight excluding hydrogens is 395 g/mol. The second-order valence-electron chi connectivity index (χ2n) is 6.39. The molecule has 1 heterocycles. The molecule has 6 heteroatoms. The predicted octanol–water partition coefficient (Wildman–Crippen LogP) is 5.37. The lowest BCUT2D eigenvalue weighted by Crippen LogP contribution is -2.29. The van der Waals surface area contributed by atoms with Gasteiger partial charge in [0, 0.05) is 28.1 Å². The highest BCUT2D eigenvalue weighted by molar-refractivity contribution is 6.19. The summed E-state index contributed by atoms with van der Waals surface area (Å²) in [6.45, 7) is 0. The van der Waals surface area contributed by atoms with Crippen LogP contribution in [0.15, 0.2) is 72.8 Å². The maximum atomic E-state index is 12.7. The zero-order valence-corrected chi connectivity index (χ0v) is 16.4. The van der Waals surface area contributed by atoms with Gasteiger partial charge in [0.05, 0.1) is 17.6 Å². The third-order valence-corrected chi connectivity index (χ3v) is 5.16. The minimum absolute atomic E-state index is 0.317. The Morgan fingerprint density at radius 1 is 0.750 bits per heavy atom. The standard InChI is InChI=1S/C22H18Cl2N2O2/c23-13-25-17-9-5-15(6-10-17)22(16-7-11-18(12-8-16)26-14-24)20-4-2-1-3-19(20)21(27)28-22/h1-12,25-26H,13-14H2. The number of rotatable bonds is 6. The van der Waals surface area contributed by atoms with Crippen molar-refractivity contribution in [2.24, 2.45) is 0 Å². The van der Waals surface area contributed by atoms with Gasteiger partial charge in [0.15, 0.2) is 5.60 Å². The van der Waals surface area contributed by atoms with Gasteiger partial charge in [-0.25, -0.2) is 4.79 Å². The maximum Gasteiger partial charge on any atom is 0.340 e. The molecule has 1 aliphatic heterocycles. The van der Waals surface area contributed by atoms with Crippen LogP contribution in [0.3, 0.4) is 0 Å². The first-order chi connectivity index (χ1) is 13.7. The second-order valence-corrected chi connectivity index (χ2v) is 6.93. The Balaban J connectivity index is 1.88. The molecule has 3 aromatic carbocycles. The van der Waals surface area contributed by atoms with Gasteiger partial charge in [-0.15, -0.1) is 23.2 Å². The highest BCUT2D eigenvalue weighted by atomic mass is 35.5. The summed E-state index contributed by atoms with van der Waals surface area (Å²) in [7, 11) is 0. The molecule has 3 aromatic rings. The lowest BCUT2D eigenvalue weighted by molar-refractivity contribution is 0.0251. The van der Waals surface area contributed by atoms with E-state index in [0.29, 0.717) is 17.6 Å². The number of hydrogen-bond donors (Lipinski definition) is 2. The summed E-state index contributed by atoms with van der Waals surface area (Å²) in [6, 6.07) is 23.7. The van der Waals surface area contributed by atoms with Crippen molar-refractivity contribution in [2.45, 2.75) is 5.60 Å². The van der Waals surface area contributed by atoms with Crippen LogP contribution >= 0.6 is 23.2 Å². The van der Waals surface area contributed by atoms with Gasteiger partial charge in [-0.3, -0.25) is 0 Å². The third-order valence-electron chi connectivity index (χ3n) is 4.90. The molecule has 2 N–H and O–H groups in total. The average Bonchev–Trinajstić information content (AvgIpc) is 3.04. The quantitative estimate of drug-likeness (QED) is 0.324. The van der Waals surface area contributed by atoms with Crippen molar-refractivity contribution >= 4 is 40.5 Å². The number of benzene rings is 3. The number of halogens is 2. The topological polar surface area (TPSA) is 50.4 Å². The number of fused-ring (bicyclic) bond motifs is 1. The van der Waals surface area contributed by atoms with Gasteiger partial charge >= 0.3 is 5.97 Å². The van der Waals surface area contributed by atoms with E-state index < -0.39 is 5.60 Å². The molecule has 0 unspecified atom stereocenters. The van der Waals surface area contributed by atoms with Crippen LogP contribution in [0, 0.1) is 0 Å². The van der Waals surface area contributed by atoms with E-state index >= 15 is 0 Å². The smallest absolute Gasteiger partial charge is 0.340 e. The number of hydrogen-bond acceptors (Lipinski definition) is 4. The molecule has 0 radical (unpaired) electrons. The van der Waals surface area contributed by atoms with Crippen LogP contribution in [-0.4, -0.2) is 18.0 Å². The Morgan fingerprint density at radius 2 is 1.25 bits per heavy atom. The summed E-state index contributed by atoms with van der Waals surface area (Å²) < 4.78 is 6.06. The van der Waals surface area contributed by atoms with Gasteiger partial charge in [0.2, 0.25) is 0 Å². The van der Waals surface area contributed by atoms with Crippen LogP contribution in [0.1, 0.15) is 27.0 Å². The van der Waals surface area contributed by atoms with Crippen molar-refractivity contribution in [1.29, 1.82) is 0 Å². The van der Waals surface area contributed by atoms with Crippen molar-refractivity contribution < 1.29 is 9.53 Å². The van der Waals surface area contributed by atoms with Gasteiger partial charge in [0.25, 0.3) is 0 Å². The molecular formula is C22H18Cl2N2O2. The number of carbonyl (C=O) groups is 1. The number of esters is 1. The van der Waals surface area contributed by atoms with Gasteiger partial charge < -0.3 is 15.4 Å². The molecule has 1 aliphatic rings. The summed E-state index contributed by atoms with van der Waals surface area (Å²) in [4.78, 5) is 12.7. The number of carbonyl (C=O) groups excluding carboxylic acids is 1. The van der Waals surface area contributed by atoms with Crippen molar-refractivity contribution in [3.05, 3.63) is 95.1 Å². The number of cyclic esters (lactones) is 1. The van der Waals surface area contributed by atoms with E-state index in [0.717, 1.165) is 28.1 Å². The molecule has 0 spiro atoms. The van der Waals surface area contributed by atoms with Crippen molar-refractivity contribution in [3.63, 3.8) is 0 Å². The Kier molecular flexibility index (Phi) is 5.16. The van der Waals surface area contributed by atoms with Crippen LogP contribution in [0.2, 0.25) is 0 Å². The molecule has 0 aliphatic carbocycles. The zero-order valence-electron chi connectivity index (χ0n) is 14.9. The van der Waals surface area contributed by atoms with E-state index in [4.69, 9.17) is 27.9 Å². The Bertz CT molecular complexity index is 939. The number of anilines is 2. The number of ether oxygens (including phenoxy) is 1. The molecule has 0 saturated heterocycles. The molecule has 0 saturated carbocycles. The van der Waals surface area contributed by atoms with Gasteiger partial charge in [0.1, 0.15) is 0 Å². The molecule has 142 valence electrons. The van der Waals surface area contributed by atoms with E-state index in [2.05, 4.69) is 10.6 Å². The van der Waals surface area contributed by atoms with Gasteiger partial charge in [-0.05, 0) is 30.3 Å². The van der Waals surface area contributed by atoms with Crippen LogP contribution in [0.5, 0.6) is 0 Å². The number of nitrogens with one attached hydrogen (secondary N) is 2. The van der Waals surface area contributed by atoms with Gasteiger partial charge in [-0.1, -0.05) is 42.5 Å². The first-order valence-electron chi connectivity index (χ1n) is 8.82. The first kappa shape index (κ1) is 18.7. The predicted molar refractivity (Wildman–Crippen MR) is 113 cm³/mol. The summed E-state index contributed by atoms with van der Waals surface area (Å²) in [5.74, 6) is -0.332. The third kappa shape index (κ3) is 3.09. The van der Waals surface area contributed by atoms with E-state index in [1.54, 1.807) is 6.07 Å². The fourth-order valence-corrected chi connectivity index (χ4v) is 3.92. The Morgan fingerprint density at radius 3 is 1.75 bits per heavy atom. The van der Waals surface area contributed by atoms with Crippen molar-refractivity contribution in [3.8, 4) is 0 Å². The summed E-state index contributed by atoms with van der Waals surface area (Å²) >= 11 is 11.5. The molecule has 0 fully saturated rings. The highest BCUT2D eigenvalue weighted by Gasteiger charge is 2.48. The average molecular weight is 413 g/mol. The summed E-state index contributed by atoms with van der Waals surface area (Å²) in [6.07, 6.45) is 0. The minimum Gasteiger partial charge on any atom is -0.441 e. The largest absolute Gasteiger partial charge is 0.441 e. The first-order valence-corrected chi connectivity index (χ1v) is 9.89. The van der Waals surface area contributed by atoms with Crippen molar-refractivity contribution in [1.82, 2.24) is 0 Å². The van der Waals surface area contributed by atoms with Crippen LogP contribution in [0.25, 0.3) is 0 Å². The Labute approximate surface area is 173 Å². The molecule has 0 atom stereocenters. The fourth-order valence-electron chi connectivity index (χ4n) is 3.61. The molecule has 4 rings (SSSR count). The Hall–Kier alpha value is -2.69. The van der Waals surface area contributed by atoms with Crippen LogP contribution < -0.4 is 10.6 Å². The second kappa shape index (κ2) is 7.74. The molecule has 4 nitrogen and oxygen atoms in total. The summed E-state index contributed by atoms with van der Waals surface area (Å²) in [5.41, 5.74) is 3.92. The van der Waals surface area contributed by atoms with Crippen molar-refractivity contribution in [2.75, 3.05) is 22.6 Å². The zero-order chi connectivity index (χ0) is 19.6. The van der Waals surface area contributed by atoms with Crippen LogP contribution in [0.4, 0.5) is 11.4 Å². The number of alkyl halides is 2. The lowest BCUT2D eigenvalue weighted by atomic mass is 9.80. The summed E-state index contributed by atoms with van der Waals surface area (Å²) in [5, 5.41) is 6.13. The SMILES string of the molecule is O=C1OC(c2ccc(NCCl)cc2)(c2ccc(NCCl)cc2)c2ccccc21. The van der Waals surface area contributed by atoms with E-state index in [1.165, 1.54) is 0 Å². The molecule has 0 amide bonds. The van der Waals surface area contributed by atoms with E-state index in [-0.39, 0.29) is 5.97 Å². The van der Waals surface area contributed by atoms with E-state index in [1.807, 2.05) is 66.7 Å².